The number of alkyl halides is 1. The number of carbonyl (C=O) groups is 2. The summed E-state index contributed by atoms with van der Waals surface area (Å²) in [6.07, 6.45) is -0.315. The second-order valence-electron chi connectivity index (χ2n) is 3.18. The lowest BCUT2D eigenvalue weighted by atomic mass is 10.2. The van der Waals surface area contributed by atoms with Crippen LogP contribution in [0.2, 0.25) is 0 Å². The maximum Gasteiger partial charge on any atom is 0.411 e. The SMILES string of the molecule is COC(=O)Nc1cccc(NC(=O)CCCl)c1. The Morgan fingerprint density at radius 2 is 1.94 bits per heavy atom. The van der Waals surface area contributed by atoms with E-state index in [1.165, 1.54) is 7.11 Å². The Kier molecular flexibility index (Phi) is 5.29. The van der Waals surface area contributed by atoms with E-state index in [-0.39, 0.29) is 18.2 Å². The fraction of sp³-hybridized carbons (Fsp3) is 0.273. The van der Waals surface area contributed by atoms with E-state index in [1.54, 1.807) is 24.3 Å². The molecule has 6 heteroatoms. The van der Waals surface area contributed by atoms with E-state index in [2.05, 4.69) is 15.4 Å². The highest BCUT2D eigenvalue weighted by molar-refractivity contribution is 6.19. The van der Waals surface area contributed by atoms with E-state index >= 15 is 0 Å². The van der Waals surface area contributed by atoms with Gasteiger partial charge in [0.05, 0.1) is 7.11 Å². The molecule has 0 radical (unpaired) electrons. The van der Waals surface area contributed by atoms with E-state index in [9.17, 15) is 9.59 Å². The highest BCUT2D eigenvalue weighted by Gasteiger charge is 2.04. The molecule has 0 aliphatic heterocycles. The quantitative estimate of drug-likeness (QED) is 0.813. The smallest absolute Gasteiger partial charge is 0.411 e. The van der Waals surface area contributed by atoms with Gasteiger partial charge >= 0.3 is 6.09 Å². The van der Waals surface area contributed by atoms with E-state index in [1.807, 2.05) is 0 Å². The molecule has 92 valence electrons. The Morgan fingerprint density at radius 3 is 2.53 bits per heavy atom. The standard InChI is InChI=1S/C11H13ClN2O3/c1-17-11(16)14-9-4-2-3-8(7-9)13-10(15)5-6-12/h2-4,7H,5-6H2,1H3,(H,13,15)(H,14,16). The molecule has 2 amide bonds. The summed E-state index contributed by atoms with van der Waals surface area (Å²) in [7, 11) is 1.28. The molecule has 0 aromatic heterocycles. The fourth-order valence-electron chi connectivity index (χ4n) is 1.15. The molecule has 0 saturated carbocycles. The van der Waals surface area contributed by atoms with E-state index in [0.29, 0.717) is 11.4 Å². The molecule has 17 heavy (non-hydrogen) atoms. The van der Waals surface area contributed by atoms with Crippen LogP contribution >= 0.6 is 11.6 Å². The number of carbonyl (C=O) groups excluding carboxylic acids is 2. The molecule has 0 aliphatic rings. The monoisotopic (exact) mass is 256 g/mol. The lowest BCUT2D eigenvalue weighted by Gasteiger charge is -2.07. The van der Waals surface area contributed by atoms with Gasteiger partial charge in [0.25, 0.3) is 0 Å². The lowest BCUT2D eigenvalue weighted by Crippen LogP contribution is -2.13. The topological polar surface area (TPSA) is 67.4 Å². The van der Waals surface area contributed by atoms with Crippen LogP contribution in [-0.4, -0.2) is 25.0 Å². The number of anilines is 2. The maximum atomic E-state index is 11.3. The first kappa shape index (κ1) is 13.3. The molecule has 0 spiro atoms. The third kappa shape index (κ3) is 4.74. The largest absolute Gasteiger partial charge is 0.453 e. The minimum absolute atomic E-state index is 0.171. The molecule has 1 aromatic rings. The molecule has 0 aliphatic carbocycles. The van der Waals surface area contributed by atoms with Crippen LogP contribution in [0.25, 0.3) is 0 Å². The average Bonchev–Trinajstić information content (AvgIpc) is 2.29. The molecular formula is C11H13ClN2O3. The van der Waals surface area contributed by atoms with Crippen LogP contribution in [0.4, 0.5) is 16.2 Å². The van der Waals surface area contributed by atoms with Crippen molar-refractivity contribution in [1.29, 1.82) is 0 Å². The van der Waals surface area contributed by atoms with Gasteiger partial charge in [-0.25, -0.2) is 4.79 Å². The minimum atomic E-state index is -0.561. The molecule has 0 saturated heterocycles. The Labute approximate surface area is 104 Å². The molecule has 0 atom stereocenters. The van der Waals surface area contributed by atoms with Crippen molar-refractivity contribution in [3.05, 3.63) is 24.3 Å². The Morgan fingerprint density at radius 1 is 1.29 bits per heavy atom. The van der Waals surface area contributed by atoms with Gasteiger partial charge in [0.15, 0.2) is 0 Å². The van der Waals surface area contributed by atoms with Crippen LogP contribution in [0.15, 0.2) is 24.3 Å². The molecule has 0 heterocycles. The van der Waals surface area contributed by atoms with Crippen molar-refractivity contribution >= 4 is 35.0 Å². The molecule has 5 nitrogen and oxygen atoms in total. The van der Waals surface area contributed by atoms with Gasteiger partial charge in [-0.1, -0.05) is 6.07 Å². The summed E-state index contributed by atoms with van der Waals surface area (Å²) in [4.78, 5) is 22.3. The molecule has 0 fully saturated rings. The number of hydrogen-bond acceptors (Lipinski definition) is 3. The molecule has 2 N–H and O–H groups in total. The Balaban J connectivity index is 2.65. The van der Waals surface area contributed by atoms with Crippen LogP contribution in [0, 0.1) is 0 Å². The van der Waals surface area contributed by atoms with Gasteiger partial charge < -0.3 is 10.1 Å². The summed E-state index contributed by atoms with van der Waals surface area (Å²) in [5, 5.41) is 5.16. The van der Waals surface area contributed by atoms with Crippen molar-refractivity contribution in [3.8, 4) is 0 Å². The second kappa shape index (κ2) is 6.75. The highest BCUT2D eigenvalue weighted by Crippen LogP contribution is 2.15. The third-order valence-corrected chi connectivity index (χ3v) is 2.09. The summed E-state index contributed by atoms with van der Waals surface area (Å²) in [5.74, 6) is 0.0987. The zero-order chi connectivity index (χ0) is 12.7. The third-order valence-electron chi connectivity index (χ3n) is 1.90. The van der Waals surface area contributed by atoms with Crippen molar-refractivity contribution in [2.75, 3.05) is 23.6 Å². The molecule has 0 bridgehead atoms. The average molecular weight is 257 g/mol. The summed E-state index contributed by atoms with van der Waals surface area (Å²) in [5.41, 5.74) is 1.13. The van der Waals surface area contributed by atoms with Crippen molar-refractivity contribution in [2.24, 2.45) is 0 Å². The number of amides is 2. The first-order valence-electron chi connectivity index (χ1n) is 4.96. The number of hydrogen-bond donors (Lipinski definition) is 2. The Hall–Kier alpha value is -1.75. The van der Waals surface area contributed by atoms with Crippen molar-refractivity contribution in [1.82, 2.24) is 0 Å². The molecule has 0 unspecified atom stereocenters. The first-order valence-corrected chi connectivity index (χ1v) is 5.50. The maximum absolute atomic E-state index is 11.3. The highest BCUT2D eigenvalue weighted by atomic mass is 35.5. The van der Waals surface area contributed by atoms with Crippen molar-refractivity contribution in [3.63, 3.8) is 0 Å². The van der Waals surface area contributed by atoms with Gasteiger partial charge in [0.1, 0.15) is 0 Å². The van der Waals surface area contributed by atoms with E-state index < -0.39 is 6.09 Å². The van der Waals surface area contributed by atoms with Gasteiger partial charge in [-0.2, -0.15) is 0 Å². The zero-order valence-electron chi connectivity index (χ0n) is 9.33. The fourth-order valence-corrected chi connectivity index (χ4v) is 1.32. The molecule has 1 rings (SSSR count). The molecule has 1 aromatic carbocycles. The summed E-state index contributed by atoms with van der Waals surface area (Å²) < 4.78 is 4.46. The summed E-state index contributed by atoms with van der Waals surface area (Å²) in [6, 6.07) is 6.74. The van der Waals surface area contributed by atoms with Gasteiger partial charge in [0, 0.05) is 23.7 Å². The number of ether oxygens (including phenoxy) is 1. The van der Waals surface area contributed by atoms with Crippen molar-refractivity contribution in [2.45, 2.75) is 6.42 Å². The number of benzene rings is 1. The molecular weight excluding hydrogens is 244 g/mol. The van der Waals surface area contributed by atoms with Gasteiger partial charge in [-0.3, -0.25) is 10.1 Å². The van der Waals surface area contributed by atoms with Crippen LogP contribution in [0.5, 0.6) is 0 Å². The number of rotatable bonds is 4. The van der Waals surface area contributed by atoms with E-state index in [0.717, 1.165) is 0 Å². The van der Waals surface area contributed by atoms with Crippen LogP contribution < -0.4 is 10.6 Å². The van der Waals surface area contributed by atoms with Crippen molar-refractivity contribution < 1.29 is 14.3 Å². The normalized spacial score (nSPS) is 9.53. The van der Waals surface area contributed by atoms with Crippen LogP contribution in [0.3, 0.4) is 0 Å². The number of methoxy groups -OCH3 is 1. The summed E-state index contributed by atoms with van der Waals surface area (Å²) in [6.45, 7) is 0. The first-order chi connectivity index (χ1) is 8.15. The van der Waals surface area contributed by atoms with Crippen LogP contribution in [0.1, 0.15) is 6.42 Å². The lowest BCUT2D eigenvalue weighted by molar-refractivity contribution is -0.115. The van der Waals surface area contributed by atoms with E-state index in [4.69, 9.17) is 11.6 Å². The van der Waals surface area contributed by atoms with Crippen LogP contribution in [-0.2, 0) is 9.53 Å². The summed E-state index contributed by atoms with van der Waals surface area (Å²) >= 11 is 5.45. The van der Waals surface area contributed by atoms with Gasteiger partial charge in [-0.05, 0) is 18.2 Å². The van der Waals surface area contributed by atoms with Gasteiger partial charge in [0.2, 0.25) is 5.91 Å². The minimum Gasteiger partial charge on any atom is -0.453 e. The predicted octanol–water partition coefficient (Wildman–Crippen LogP) is 2.43. The second-order valence-corrected chi connectivity index (χ2v) is 3.56. The number of halogens is 1. The predicted molar refractivity (Wildman–Crippen MR) is 66.4 cm³/mol. The van der Waals surface area contributed by atoms with Gasteiger partial charge in [-0.15, -0.1) is 11.6 Å². The number of nitrogens with one attached hydrogen (secondary N) is 2. The zero-order valence-corrected chi connectivity index (χ0v) is 10.1. The Bertz CT molecular complexity index is 409.